The number of aryl methyl sites for hydroxylation is 1. The second-order valence-electron chi connectivity index (χ2n) is 4.63. The van der Waals surface area contributed by atoms with E-state index in [0.717, 1.165) is 0 Å². The van der Waals surface area contributed by atoms with Crippen molar-refractivity contribution < 1.29 is 23.8 Å². The van der Waals surface area contributed by atoms with Crippen LogP contribution in [0.25, 0.3) is 0 Å². The molecule has 1 fully saturated rings. The first-order chi connectivity index (χ1) is 9.58. The number of carboxylic acids is 1. The summed E-state index contributed by atoms with van der Waals surface area (Å²) in [4.78, 5) is 24.3. The molecule has 2 rings (SSSR count). The van der Waals surface area contributed by atoms with E-state index < -0.39 is 12.1 Å². The summed E-state index contributed by atoms with van der Waals surface area (Å²) in [5.41, 5.74) is 0.490. The Morgan fingerprint density at radius 1 is 1.40 bits per heavy atom. The third-order valence-electron chi connectivity index (χ3n) is 3.26. The van der Waals surface area contributed by atoms with E-state index in [9.17, 15) is 14.0 Å². The van der Waals surface area contributed by atoms with Gasteiger partial charge < -0.3 is 14.7 Å². The zero-order chi connectivity index (χ0) is 14.5. The number of halogens is 1. The van der Waals surface area contributed by atoms with Crippen LogP contribution < -0.4 is 0 Å². The molecule has 1 atom stereocenters. The molecular weight excluding hydrogens is 265 g/mol. The Morgan fingerprint density at radius 2 is 2.15 bits per heavy atom. The monoisotopic (exact) mass is 281 g/mol. The van der Waals surface area contributed by atoms with E-state index in [1.165, 1.54) is 11.0 Å². The standard InChI is InChI=1S/C14H16FNO4/c15-11-4-2-1-3-10(11)5-6-13(17)16-7-8-20-12(9-16)14(18)19/h1-4,12H,5-9H2,(H,18,19)/t12-/m0/s1. The molecule has 0 unspecified atom stereocenters. The average molecular weight is 281 g/mol. The van der Waals surface area contributed by atoms with Crippen molar-refractivity contribution in [2.24, 2.45) is 0 Å². The van der Waals surface area contributed by atoms with Crippen LogP contribution in [0.2, 0.25) is 0 Å². The number of amides is 1. The molecule has 1 heterocycles. The second-order valence-corrected chi connectivity index (χ2v) is 4.63. The molecule has 1 aromatic carbocycles. The predicted octanol–water partition coefficient (Wildman–Crippen LogP) is 1.07. The van der Waals surface area contributed by atoms with Gasteiger partial charge in [0.15, 0.2) is 6.10 Å². The molecule has 0 aromatic heterocycles. The molecule has 20 heavy (non-hydrogen) atoms. The van der Waals surface area contributed by atoms with Crippen LogP contribution in [0.1, 0.15) is 12.0 Å². The summed E-state index contributed by atoms with van der Waals surface area (Å²) in [5.74, 6) is -1.58. The van der Waals surface area contributed by atoms with Gasteiger partial charge in [-0.15, -0.1) is 0 Å². The van der Waals surface area contributed by atoms with Crippen molar-refractivity contribution in [1.29, 1.82) is 0 Å². The van der Waals surface area contributed by atoms with Crippen molar-refractivity contribution in [3.8, 4) is 0 Å². The van der Waals surface area contributed by atoms with Crippen LogP contribution in [0, 0.1) is 5.82 Å². The third kappa shape index (κ3) is 3.54. The Kier molecular flexibility index (Phi) is 4.68. The number of ether oxygens (including phenoxy) is 1. The van der Waals surface area contributed by atoms with Gasteiger partial charge in [0.1, 0.15) is 5.82 Å². The lowest BCUT2D eigenvalue weighted by atomic mass is 10.1. The number of nitrogens with zero attached hydrogens (tertiary/aromatic N) is 1. The maximum atomic E-state index is 13.4. The number of carbonyl (C=O) groups excluding carboxylic acids is 1. The number of carbonyl (C=O) groups is 2. The highest BCUT2D eigenvalue weighted by atomic mass is 19.1. The molecule has 1 amide bonds. The third-order valence-corrected chi connectivity index (χ3v) is 3.26. The molecule has 1 aliphatic heterocycles. The first kappa shape index (κ1) is 14.5. The van der Waals surface area contributed by atoms with Crippen molar-refractivity contribution >= 4 is 11.9 Å². The summed E-state index contributed by atoms with van der Waals surface area (Å²) in [5, 5.41) is 8.87. The first-order valence-corrected chi connectivity index (χ1v) is 6.43. The number of aliphatic carboxylic acids is 1. The van der Waals surface area contributed by atoms with Crippen LogP contribution in [-0.2, 0) is 20.7 Å². The van der Waals surface area contributed by atoms with Crippen molar-refractivity contribution in [2.75, 3.05) is 19.7 Å². The molecule has 0 bridgehead atoms. The zero-order valence-corrected chi connectivity index (χ0v) is 10.9. The maximum Gasteiger partial charge on any atom is 0.334 e. The summed E-state index contributed by atoms with van der Waals surface area (Å²) in [7, 11) is 0. The Morgan fingerprint density at radius 3 is 2.85 bits per heavy atom. The highest BCUT2D eigenvalue weighted by Gasteiger charge is 2.28. The van der Waals surface area contributed by atoms with Gasteiger partial charge in [0, 0.05) is 13.0 Å². The van der Waals surface area contributed by atoms with E-state index in [0.29, 0.717) is 18.5 Å². The van der Waals surface area contributed by atoms with Gasteiger partial charge in [0.05, 0.1) is 13.2 Å². The summed E-state index contributed by atoms with van der Waals surface area (Å²) >= 11 is 0. The Balaban J connectivity index is 1.89. The van der Waals surface area contributed by atoms with Crippen LogP contribution in [0.5, 0.6) is 0 Å². The van der Waals surface area contributed by atoms with Gasteiger partial charge >= 0.3 is 5.97 Å². The lowest BCUT2D eigenvalue weighted by Crippen LogP contribution is -2.48. The van der Waals surface area contributed by atoms with E-state index in [1.54, 1.807) is 18.2 Å². The fraction of sp³-hybridized carbons (Fsp3) is 0.429. The Labute approximate surface area is 116 Å². The molecule has 1 aliphatic rings. The molecular formula is C14H16FNO4. The highest BCUT2D eigenvalue weighted by molar-refractivity contribution is 5.78. The molecule has 0 aliphatic carbocycles. The molecule has 108 valence electrons. The number of carboxylic acid groups (broad SMARTS) is 1. The SMILES string of the molecule is O=C(O)[C@@H]1CN(C(=O)CCc2ccccc2F)CCO1. The van der Waals surface area contributed by atoms with Gasteiger partial charge in [-0.1, -0.05) is 18.2 Å². The lowest BCUT2D eigenvalue weighted by Gasteiger charge is -2.31. The number of benzene rings is 1. The smallest absolute Gasteiger partial charge is 0.334 e. The van der Waals surface area contributed by atoms with E-state index in [1.807, 2.05) is 0 Å². The van der Waals surface area contributed by atoms with Crippen molar-refractivity contribution in [1.82, 2.24) is 4.90 Å². The number of rotatable bonds is 4. The summed E-state index contributed by atoms with van der Waals surface area (Å²) in [6.45, 7) is 0.633. The normalized spacial score (nSPS) is 18.9. The minimum Gasteiger partial charge on any atom is -0.479 e. The Hall–Kier alpha value is -1.95. The molecule has 0 saturated carbocycles. The van der Waals surface area contributed by atoms with Crippen molar-refractivity contribution in [3.63, 3.8) is 0 Å². The van der Waals surface area contributed by atoms with Gasteiger partial charge in [-0.05, 0) is 18.1 Å². The Bertz CT molecular complexity index is 506. The predicted molar refractivity (Wildman–Crippen MR) is 68.7 cm³/mol. The summed E-state index contributed by atoms with van der Waals surface area (Å²) < 4.78 is 18.5. The van der Waals surface area contributed by atoms with Gasteiger partial charge in [0.25, 0.3) is 0 Å². The van der Waals surface area contributed by atoms with Crippen molar-refractivity contribution in [2.45, 2.75) is 18.9 Å². The molecule has 0 spiro atoms. The van der Waals surface area contributed by atoms with Crippen LogP contribution in [0.3, 0.4) is 0 Å². The maximum absolute atomic E-state index is 13.4. The van der Waals surface area contributed by atoms with Crippen molar-refractivity contribution in [3.05, 3.63) is 35.6 Å². The van der Waals surface area contributed by atoms with Crippen LogP contribution >= 0.6 is 0 Å². The average Bonchev–Trinajstić information content (AvgIpc) is 2.46. The number of hydrogen-bond acceptors (Lipinski definition) is 3. The molecule has 1 N–H and O–H groups in total. The molecule has 1 aromatic rings. The van der Waals surface area contributed by atoms with E-state index in [-0.39, 0.29) is 31.3 Å². The van der Waals surface area contributed by atoms with Gasteiger partial charge in [-0.25, -0.2) is 9.18 Å². The fourth-order valence-electron chi connectivity index (χ4n) is 2.13. The minimum atomic E-state index is -1.07. The largest absolute Gasteiger partial charge is 0.479 e. The quantitative estimate of drug-likeness (QED) is 0.896. The zero-order valence-electron chi connectivity index (χ0n) is 10.9. The van der Waals surface area contributed by atoms with Gasteiger partial charge in [-0.3, -0.25) is 4.79 Å². The highest BCUT2D eigenvalue weighted by Crippen LogP contribution is 2.12. The topological polar surface area (TPSA) is 66.8 Å². The van der Waals surface area contributed by atoms with Gasteiger partial charge in [0.2, 0.25) is 5.91 Å². The van der Waals surface area contributed by atoms with E-state index in [4.69, 9.17) is 9.84 Å². The van der Waals surface area contributed by atoms with Crippen LogP contribution in [0.15, 0.2) is 24.3 Å². The van der Waals surface area contributed by atoms with E-state index in [2.05, 4.69) is 0 Å². The molecule has 5 nitrogen and oxygen atoms in total. The van der Waals surface area contributed by atoms with E-state index >= 15 is 0 Å². The summed E-state index contributed by atoms with van der Waals surface area (Å²) in [6.07, 6.45) is -0.505. The fourth-order valence-corrected chi connectivity index (χ4v) is 2.13. The molecule has 1 saturated heterocycles. The number of hydrogen-bond donors (Lipinski definition) is 1. The summed E-state index contributed by atoms with van der Waals surface area (Å²) in [6, 6.07) is 6.31. The minimum absolute atomic E-state index is 0.0471. The first-order valence-electron chi connectivity index (χ1n) is 6.43. The van der Waals surface area contributed by atoms with Crippen LogP contribution in [-0.4, -0.2) is 47.7 Å². The van der Waals surface area contributed by atoms with Gasteiger partial charge in [-0.2, -0.15) is 0 Å². The van der Waals surface area contributed by atoms with Crippen LogP contribution in [0.4, 0.5) is 4.39 Å². The number of morpholine rings is 1. The lowest BCUT2D eigenvalue weighted by molar-refractivity contribution is -0.159. The molecule has 6 heteroatoms. The second kappa shape index (κ2) is 6.47. The molecule has 0 radical (unpaired) electrons.